The van der Waals surface area contributed by atoms with Crippen molar-refractivity contribution >= 4 is 55.4 Å². The first-order valence-electron chi connectivity index (χ1n) is 18.4. The maximum absolute atomic E-state index is 5.84. The van der Waals surface area contributed by atoms with Crippen LogP contribution in [0.3, 0.4) is 0 Å². The van der Waals surface area contributed by atoms with E-state index in [1.54, 1.807) is 0 Å². The molecule has 1 unspecified atom stereocenters. The Hall–Kier alpha value is -1.86. The van der Waals surface area contributed by atoms with E-state index in [0.29, 0.717) is 11.3 Å². The standard InChI is InChI=1S/C21H25.C13H21.2C7H5Cl.2ClH.Zr/c1-20(2,3)16-9-7-14-11-15-8-10-17(21(4,5)6)13-19(15)18(14)12-16;1-6-10-8-11(7-2)12(9-10)13(3,4)5;2*1-6-2-4-7(8)5-3-6;;;/h7,9-10,12-13H,11H2,1-6H3;9-10H,6-7H2,1-5H3;2*1-5H;2*1H;/q2*-1;;;;;. The van der Waals surface area contributed by atoms with Gasteiger partial charge in [-0.25, -0.2) is 5.57 Å². The molecule has 1 atom stereocenters. The summed E-state index contributed by atoms with van der Waals surface area (Å²) in [4.78, 5) is 0. The molecule has 6 rings (SSSR count). The Morgan fingerprint density at radius 1 is 0.679 bits per heavy atom. The average Bonchev–Trinajstić information content (AvgIpc) is 3.67. The fourth-order valence-electron chi connectivity index (χ4n) is 6.20. The van der Waals surface area contributed by atoms with Crippen LogP contribution in [0.25, 0.3) is 11.1 Å². The maximum atomic E-state index is 5.84. The molecule has 53 heavy (non-hydrogen) atoms. The molecule has 0 aliphatic heterocycles. The first-order chi connectivity index (χ1) is 23.9. The number of allylic oxidation sites excluding steroid dienone is 4. The van der Waals surface area contributed by atoms with Crippen molar-refractivity contribution in [1.82, 2.24) is 0 Å². The minimum atomic E-state index is -0.623. The summed E-state index contributed by atoms with van der Waals surface area (Å²) in [5.74, 6) is 0.573. The van der Waals surface area contributed by atoms with Gasteiger partial charge in [0.1, 0.15) is 0 Å². The third kappa shape index (κ3) is 13.7. The molecule has 2 aliphatic rings. The molecule has 0 aromatic heterocycles. The first kappa shape index (κ1) is 47.3. The van der Waals surface area contributed by atoms with Gasteiger partial charge in [-0.1, -0.05) is 135 Å². The van der Waals surface area contributed by atoms with Gasteiger partial charge in [-0.3, -0.25) is 6.08 Å². The third-order valence-electron chi connectivity index (χ3n) is 9.42. The van der Waals surface area contributed by atoms with E-state index in [-0.39, 0.29) is 35.6 Å². The first-order valence-corrected chi connectivity index (χ1v) is 22.0. The van der Waals surface area contributed by atoms with Crippen molar-refractivity contribution < 1.29 is 22.3 Å². The Morgan fingerprint density at radius 2 is 1.19 bits per heavy atom. The summed E-state index contributed by atoms with van der Waals surface area (Å²) in [6, 6.07) is 31.0. The second-order valence-electron chi connectivity index (χ2n) is 16.7. The van der Waals surface area contributed by atoms with Crippen molar-refractivity contribution in [1.29, 1.82) is 0 Å². The zero-order chi connectivity index (χ0) is 37.6. The average molecular weight is 868 g/mol. The molecule has 0 nitrogen and oxygen atoms in total. The van der Waals surface area contributed by atoms with E-state index in [1.165, 1.54) is 62.1 Å². The van der Waals surface area contributed by atoms with Gasteiger partial charge in [-0.15, -0.1) is 30.4 Å². The number of rotatable bonds is 4. The number of hydrogen-bond donors (Lipinski definition) is 0. The van der Waals surface area contributed by atoms with E-state index in [2.05, 4.69) is 156 Å². The molecule has 0 fully saturated rings. The molecule has 0 radical (unpaired) electrons. The van der Waals surface area contributed by atoms with Crippen molar-refractivity contribution in [3.8, 4) is 11.1 Å². The van der Waals surface area contributed by atoms with E-state index < -0.39 is 22.3 Å². The van der Waals surface area contributed by atoms with E-state index >= 15 is 0 Å². The fraction of sp³-hybridized carbons (Fsp3) is 0.375. The van der Waals surface area contributed by atoms with Gasteiger partial charge in [0.2, 0.25) is 0 Å². The zero-order valence-electron chi connectivity index (χ0n) is 33.5. The molecular formula is C48H58Cl4Zr-2. The monoisotopic (exact) mass is 864 g/mol. The Kier molecular flexibility index (Phi) is 18.2. The second kappa shape index (κ2) is 20.3. The topological polar surface area (TPSA) is 0 Å². The van der Waals surface area contributed by atoms with Crippen LogP contribution in [0.2, 0.25) is 10.0 Å². The van der Waals surface area contributed by atoms with Crippen LogP contribution in [0.1, 0.15) is 122 Å². The van der Waals surface area contributed by atoms with Crippen LogP contribution in [-0.2, 0) is 39.5 Å². The minimum absolute atomic E-state index is 0. The number of benzene rings is 4. The van der Waals surface area contributed by atoms with Crippen molar-refractivity contribution in [3.05, 3.63) is 152 Å². The Morgan fingerprint density at radius 3 is 1.62 bits per heavy atom. The second-order valence-corrected chi connectivity index (χ2v) is 19.8. The molecule has 0 saturated carbocycles. The molecule has 0 amide bonds. The van der Waals surface area contributed by atoms with Gasteiger partial charge >= 0.3 is 123 Å². The van der Waals surface area contributed by atoms with E-state index in [0.717, 1.165) is 22.9 Å². The third-order valence-corrected chi connectivity index (χ3v) is 12.4. The Bertz CT molecular complexity index is 1810. The molecule has 0 N–H and O–H groups in total. The predicted octanol–water partition coefficient (Wildman–Crippen LogP) is 14.7. The van der Waals surface area contributed by atoms with Crippen LogP contribution in [0.15, 0.2) is 96.1 Å². The van der Waals surface area contributed by atoms with Crippen LogP contribution >= 0.6 is 48.0 Å². The van der Waals surface area contributed by atoms with Crippen LogP contribution < -0.4 is 0 Å². The number of fused-ring (bicyclic) bond motifs is 3. The van der Waals surface area contributed by atoms with Crippen LogP contribution in [-0.4, -0.2) is 7.42 Å². The van der Waals surface area contributed by atoms with Crippen molar-refractivity contribution in [3.63, 3.8) is 0 Å². The quantitative estimate of drug-likeness (QED) is 0.158. The molecule has 0 saturated heterocycles. The molecule has 4 aromatic carbocycles. The summed E-state index contributed by atoms with van der Waals surface area (Å²) in [6.07, 6.45) is 9.31. The molecule has 284 valence electrons. The van der Waals surface area contributed by atoms with Crippen molar-refractivity contribution in [2.24, 2.45) is 11.3 Å². The van der Waals surface area contributed by atoms with Gasteiger partial charge in [0.25, 0.3) is 0 Å². The van der Waals surface area contributed by atoms with Crippen LogP contribution in [0.4, 0.5) is 0 Å². The summed E-state index contributed by atoms with van der Waals surface area (Å²) in [5, 5.41) is 1.57. The van der Waals surface area contributed by atoms with Gasteiger partial charge < -0.3 is 0 Å². The normalized spacial score (nSPS) is 14.2. The number of hydrogen-bond acceptors (Lipinski definition) is 0. The Labute approximate surface area is 355 Å². The molecule has 0 heterocycles. The fourth-order valence-corrected chi connectivity index (χ4v) is 8.55. The van der Waals surface area contributed by atoms with Crippen LogP contribution in [0, 0.1) is 23.5 Å². The van der Waals surface area contributed by atoms with Gasteiger partial charge in [-0.05, 0) is 17.4 Å². The molecule has 0 spiro atoms. The van der Waals surface area contributed by atoms with E-state index in [4.69, 9.17) is 23.2 Å². The molecule has 0 bridgehead atoms. The predicted molar refractivity (Wildman–Crippen MR) is 237 cm³/mol. The SMILES string of the molecule is CC(C)(C)c1c[c-]c2c(c1)-c1cc(C(C)(C)C)ccc1C2.CCC1=[C-]C(CC)C=C1C(C)(C)C.Cl.Cl.Clc1ccc([CH]=[Zr]=[CH]c2ccc(Cl)cc2)cc1. The summed E-state index contributed by atoms with van der Waals surface area (Å²) in [5.41, 5.74) is 14.5. The zero-order valence-corrected chi connectivity index (χ0v) is 39.1. The van der Waals surface area contributed by atoms with Crippen molar-refractivity contribution in [2.75, 3.05) is 0 Å². The van der Waals surface area contributed by atoms with Gasteiger partial charge in [0, 0.05) is 0 Å². The van der Waals surface area contributed by atoms with Crippen molar-refractivity contribution in [2.45, 2.75) is 106 Å². The molecule has 2 aliphatic carbocycles. The van der Waals surface area contributed by atoms with Gasteiger partial charge in [-0.2, -0.15) is 41.0 Å². The summed E-state index contributed by atoms with van der Waals surface area (Å²) in [7, 11) is 0. The number of halogens is 4. The van der Waals surface area contributed by atoms with E-state index in [1.807, 2.05) is 24.3 Å². The van der Waals surface area contributed by atoms with Gasteiger partial charge in [0.15, 0.2) is 0 Å². The summed E-state index contributed by atoms with van der Waals surface area (Å²) in [6.45, 7) is 25.0. The molecule has 5 heteroatoms. The van der Waals surface area contributed by atoms with E-state index in [9.17, 15) is 0 Å². The summed E-state index contributed by atoms with van der Waals surface area (Å²) >= 11 is 11.0. The van der Waals surface area contributed by atoms with Gasteiger partial charge in [0.05, 0.1) is 0 Å². The molecular weight excluding hydrogens is 810 g/mol. The Balaban J connectivity index is 0.000000278. The molecule has 4 aromatic rings. The van der Waals surface area contributed by atoms with Crippen LogP contribution in [0.5, 0.6) is 0 Å². The summed E-state index contributed by atoms with van der Waals surface area (Å²) < 4.78 is 4.66.